The molecular formula is C21H25NO2. The highest BCUT2D eigenvalue weighted by atomic mass is 16.5. The van der Waals surface area contributed by atoms with Crippen LogP contribution in [0.1, 0.15) is 49.0 Å². The number of piperidine rings is 1. The topological polar surface area (TPSA) is 29.5 Å². The number of para-hydroxylation sites is 1. The van der Waals surface area contributed by atoms with Gasteiger partial charge in [-0.1, -0.05) is 30.3 Å². The van der Waals surface area contributed by atoms with Crippen LogP contribution in [0.2, 0.25) is 0 Å². The Morgan fingerprint density at radius 3 is 2.25 bits per heavy atom. The molecule has 3 nitrogen and oxygen atoms in total. The molecule has 2 aromatic rings. The van der Waals surface area contributed by atoms with E-state index in [1.54, 1.807) is 0 Å². The Hall–Kier alpha value is -2.29. The summed E-state index contributed by atoms with van der Waals surface area (Å²) >= 11 is 0. The number of carbonyl (C=O) groups excluding carboxylic acids is 1. The van der Waals surface area contributed by atoms with Gasteiger partial charge in [0.2, 0.25) is 0 Å². The van der Waals surface area contributed by atoms with Crippen LogP contribution in [0.3, 0.4) is 0 Å². The number of carbonyl (C=O) groups is 1. The van der Waals surface area contributed by atoms with Crippen LogP contribution in [0.15, 0.2) is 54.6 Å². The zero-order chi connectivity index (χ0) is 16.9. The molecule has 2 aromatic carbocycles. The first kappa shape index (κ1) is 16.6. The van der Waals surface area contributed by atoms with Crippen LogP contribution in [0.4, 0.5) is 0 Å². The number of benzene rings is 2. The average Bonchev–Trinajstić information content (AvgIpc) is 2.61. The normalized spacial score (nSPS) is 20.7. The lowest BCUT2D eigenvalue weighted by molar-refractivity contribution is 0.0510. The smallest absolute Gasteiger partial charge is 0.254 e. The second-order valence-corrected chi connectivity index (χ2v) is 6.64. The Morgan fingerprint density at radius 1 is 1.00 bits per heavy atom. The highest BCUT2D eigenvalue weighted by Crippen LogP contribution is 2.24. The summed E-state index contributed by atoms with van der Waals surface area (Å²) in [5, 5.41) is 0. The molecule has 24 heavy (non-hydrogen) atoms. The lowest BCUT2D eigenvalue weighted by Crippen LogP contribution is -2.47. The minimum atomic E-state index is 0.144. The fraction of sp³-hybridized carbons (Fsp3) is 0.381. The minimum Gasteiger partial charge on any atom is -0.489 e. The zero-order valence-electron chi connectivity index (χ0n) is 14.4. The van der Waals surface area contributed by atoms with E-state index in [-0.39, 0.29) is 5.91 Å². The number of likely N-dealkylation sites (tertiary alicyclic amines) is 1. The summed E-state index contributed by atoms with van der Waals surface area (Å²) in [6, 6.07) is 18.2. The third-order valence-electron chi connectivity index (χ3n) is 4.78. The molecule has 2 unspecified atom stereocenters. The van der Waals surface area contributed by atoms with Crippen molar-refractivity contribution in [2.24, 2.45) is 0 Å². The predicted molar refractivity (Wildman–Crippen MR) is 96.2 cm³/mol. The maximum absolute atomic E-state index is 12.8. The highest BCUT2D eigenvalue weighted by molar-refractivity contribution is 5.94. The third-order valence-corrected chi connectivity index (χ3v) is 4.78. The van der Waals surface area contributed by atoms with E-state index in [2.05, 4.69) is 13.8 Å². The SMILES string of the molecule is CC1CCCC(C)N1C(=O)c1ccc(COc2ccccc2)cc1. The summed E-state index contributed by atoms with van der Waals surface area (Å²) in [4.78, 5) is 14.8. The molecule has 0 spiro atoms. The fourth-order valence-electron chi connectivity index (χ4n) is 3.40. The molecule has 1 heterocycles. The van der Waals surface area contributed by atoms with Gasteiger partial charge in [-0.25, -0.2) is 0 Å². The summed E-state index contributed by atoms with van der Waals surface area (Å²) in [7, 11) is 0. The molecule has 1 aliphatic rings. The van der Waals surface area contributed by atoms with Crippen molar-refractivity contribution < 1.29 is 9.53 Å². The molecule has 1 amide bonds. The maximum atomic E-state index is 12.8. The molecule has 0 radical (unpaired) electrons. The first-order valence-electron chi connectivity index (χ1n) is 8.74. The van der Waals surface area contributed by atoms with Gasteiger partial charge in [0, 0.05) is 17.6 Å². The van der Waals surface area contributed by atoms with Crippen molar-refractivity contribution in [1.29, 1.82) is 0 Å². The van der Waals surface area contributed by atoms with Gasteiger partial charge >= 0.3 is 0 Å². The van der Waals surface area contributed by atoms with E-state index in [1.807, 2.05) is 59.5 Å². The molecule has 0 aliphatic carbocycles. The summed E-state index contributed by atoms with van der Waals surface area (Å²) in [5.41, 5.74) is 1.83. The van der Waals surface area contributed by atoms with E-state index >= 15 is 0 Å². The van der Waals surface area contributed by atoms with Gasteiger partial charge in [-0.2, -0.15) is 0 Å². The molecule has 0 bridgehead atoms. The molecule has 3 rings (SSSR count). The molecule has 0 saturated carbocycles. The monoisotopic (exact) mass is 323 g/mol. The van der Waals surface area contributed by atoms with Crippen molar-refractivity contribution in [2.75, 3.05) is 0 Å². The summed E-state index contributed by atoms with van der Waals surface area (Å²) < 4.78 is 5.75. The van der Waals surface area contributed by atoms with Gasteiger partial charge in [-0.15, -0.1) is 0 Å². The molecule has 1 fully saturated rings. The Balaban J connectivity index is 1.64. The Kier molecular flexibility index (Phi) is 5.19. The van der Waals surface area contributed by atoms with Crippen LogP contribution in [-0.4, -0.2) is 22.9 Å². The predicted octanol–water partition coefficient (Wildman–Crippen LogP) is 4.67. The molecule has 1 saturated heterocycles. The second-order valence-electron chi connectivity index (χ2n) is 6.64. The van der Waals surface area contributed by atoms with E-state index in [0.29, 0.717) is 18.7 Å². The van der Waals surface area contributed by atoms with Gasteiger partial charge in [-0.05, 0) is 62.9 Å². The molecule has 1 aliphatic heterocycles. The van der Waals surface area contributed by atoms with Gasteiger partial charge in [-0.3, -0.25) is 4.79 Å². The quantitative estimate of drug-likeness (QED) is 0.818. The lowest BCUT2D eigenvalue weighted by Gasteiger charge is -2.39. The molecule has 0 N–H and O–H groups in total. The van der Waals surface area contributed by atoms with Crippen LogP contribution in [0.5, 0.6) is 5.75 Å². The number of hydrogen-bond acceptors (Lipinski definition) is 2. The van der Waals surface area contributed by atoms with E-state index < -0.39 is 0 Å². The van der Waals surface area contributed by atoms with Crippen molar-refractivity contribution in [3.63, 3.8) is 0 Å². The zero-order valence-corrected chi connectivity index (χ0v) is 14.4. The number of hydrogen-bond donors (Lipinski definition) is 0. The van der Waals surface area contributed by atoms with E-state index in [0.717, 1.165) is 29.7 Å². The number of rotatable bonds is 4. The summed E-state index contributed by atoms with van der Waals surface area (Å²) in [5.74, 6) is 0.999. The van der Waals surface area contributed by atoms with Crippen molar-refractivity contribution >= 4 is 5.91 Å². The average molecular weight is 323 g/mol. The summed E-state index contributed by atoms with van der Waals surface area (Å²) in [6.45, 7) is 4.81. The van der Waals surface area contributed by atoms with Gasteiger partial charge < -0.3 is 9.64 Å². The van der Waals surface area contributed by atoms with E-state index in [9.17, 15) is 4.79 Å². The van der Waals surface area contributed by atoms with Crippen LogP contribution >= 0.6 is 0 Å². The second kappa shape index (κ2) is 7.52. The Bertz CT molecular complexity index is 656. The third kappa shape index (κ3) is 3.78. The standard InChI is InChI=1S/C21H25NO2/c1-16-7-6-8-17(2)22(16)21(23)19-13-11-18(12-14-19)15-24-20-9-4-3-5-10-20/h3-5,9-14,16-17H,6-8,15H2,1-2H3. The highest BCUT2D eigenvalue weighted by Gasteiger charge is 2.29. The largest absolute Gasteiger partial charge is 0.489 e. The van der Waals surface area contributed by atoms with Crippen LogP contribution in [0.25, 0.3) is 0 Å². The van der Waals surface area contributed by atoms with Gasteiger partial charge in [0.15, 0.2) is 0 Å². The number of amides is 1. The van der Waals surface area contributed by atoms with Crippen LogP contribution in [0, 0.1) is 0 Å². The maximum Gasteiger partial charge on any atom is 0.254 e. The van der Waals surface area contributed by atoms with Gasteiger partial charge in [0.05, 0.1) is 0 Å². The fourth-order valence-corrected chi connectivity index (χ4v) is 3.40. The van der Waals surface area contributed by atoms with Crippen molar-refractivity contribution in [3.8, 4) is 5.75 Å². The van der Waals surface area contributed by atoms with Gasteiger partial charge in [0.1, 0.15) is 12.4 Å². The Morgan fingerprint density at radius 2 is 1.62 bits per heavy atom. The first-order chi connectivity index (χ1) is 11.6. The van der Waals surface area contributed by atoms with E-state index in [1.165, 1.54) is 6.42 Å². The minimum absolute atomic E-state index is 0.144. The molecule has 126 valence electrons. The molecular weight excluding hydrogens is 298 g/mol. The lowest BCUT2D eigenvalue weighted by atomic mass is 9.96. The molecule has 2 atom stereocenters. The molecule has 0 aromatic heterocycles. The Labute approximate surface area is 144 Å². The van der Waals surface area contributed by atoms with Crippen molar-refractivity contribution in [3.05, 3.63) is 65.7 Å². The van der Waals surface area contributed by atoms with Crippen molar-refractivity contribution in [1.82, 2.24) is 4.90 Å². The van der Waals surface area contributed by atoms with Gasteiger partial charge in [0.25, 0.3) is 5.91 Å². The summed E-state index contributed by atoms with van der Waals surface area (Å²) in [6.07, 6.45) is 3.40. The van der Waals surface area contributed by atoms with Crippen molar-refractivity contribution in [2.45, 2.75) is 51.8 Å². The molecule has 3 heteroatoms. The first-order valence-corrected chi connectivity index (χ1v) is 8.74. The number of nitrogens with zero attached hydrogens (tertiary/aromatic N) is 1. The van der Waals surface area contributed by atoms with Crippen LogP contribution < -0.4 is 4.74 Å². The number of ether oxygens (including phenoxy) is 1. The van der Waals surface area contributed by atoms with E-state index in [4.69, 9.17) is 4.74 Å². The van der Waals surface area contributed by atoms with Crippen LogP contribution in [-0.2, 0) is 6.61 Å².